The number of nitrogens with two attached hydrogens (primary N) is 1. The number of nitrogens with one attached hydrogen (secondary N) is 1. The van der Waals surface area contributed by atoms with Gasteiger partial charge in [0.2, 0.25) is 5.91 Å². The molecule has 0 aliphatic heterocycles. The number of benzene rings is 1. The predicted octanol–water partition coefficient (Wildman–Crippen LogP) is 3.35. The van der Waals surface area contributed by atoms with Gasteiger partial charge in [-0.3, -0.25) is 14.6 Å². The first-order valence-corrected chi connectivity index (χ1v) is 10.1. The van der Waals surface area contributed by atoms with E-state index in [9.17, 15) is 19.5 Å². The standard InChI is InChI=1S/C21H20N4O4S/c22-16(26)4-2-1-3-13-5-7-14(8-6-13)18(27)25-20-17(21(28)29)24-19(30-20)15-9-11-23-12-10-15/h5-12H,1-4H2,(H2,22,26)(H,25,27)(H,28,29). The zero-order chi connectivity index (χ0) is 21.5. The molecule has 0 radical (unpaired) electrons. The lowest BCUT2D eigenvalue weighted by atomic mass is 10.0. The number of aromatic carboxylic acids is 1. The molecule has 0 aliphatic carbocycles. The summed E-state index contributed by atoms with van der Waals surface area (Å²) in [4.78, 5) is 43.0. The van der Waals surface area contributed by atoms with Crippen LogP contribution in [0.15, 0.2) is 48.8 Å². The van der Waals surface area contributed by atoms with Crippen molar-refractivity contribution >= 4 is 34.1 Å². The summed E-state index contributed by atoms with van der Waals surface area (Å²) >= 11 is 1.09. The number of carboxylic acids is 1. The molecule has 0 bridgehead atoms. The average molecular weight is 424 g/mol. The van der Waals surface area contributed by atoms with E-state index in [1.54, 1.807) is 36.7 Å². The number of rotatable bonds is 9. The minimum Gasteiger partial charge on any atom is -0.476 e. The summed E-state index contributed by atoms with van der Waals surface area (Å²) in [6.07, 6.45) is 5.87. The second-order valence-corrected chi connectivity index (χ2v) is 7.56. The molecule has 1 aromatic carbocycles. The van der Waals surface area contributed by atoms with Crippen LogP contribution in [0.5, 0.6) is 0 Å². The fraction of sp³-hybridized carbons (Fsp3) is 0.190. The van der Waals surface area contributed by atoms with E-state index in [0.29, 0.717) is 17.0 Å². The number of carboxylic acid groups (broad SMARTS) is 1. The summed E-state index contributed by atoms with van der Waals surface area (Å²) in [7, 11) is 0. The first-order chi connectivity index (χ1) is 14.4. The molecule has 0 spiro atoms. The predicted molar refractivity (Wildman–Crippen MR) is 113 cm³/mol. The molecule has 2 aromatic heterocycles. The Morgan fingerprint density at radius 2 is 1.73 bits per heavy atom. The van der Waals surface area contributed by atoms with Crippen LogP contribution < -0.4 is 11.1 Å². The largest absolute Gasteiger partial charge is 0.476 e. The Morgan fingerprint density at radius 3 is 2.37 bits per heavy atom. The van der Waals surface area contributed by atoms with Crippen LogP contribution in [0.3, 0.4) is 0 Å². The highest BCUT2D eigenvalue weighted by molar-refractivity contribution is 7.19. The van der Waals surface area contributed by atoms with Crippen molar-refractivity contribution in [1.29, 1.82) is 0 Å². The number of pyridine rings is 1. The van der Waals surface area contributed by atoms with Crippen molar-refractivity contribution in [2.45, 2.75) is 25.7 Å². The highest BCUT2D eigenvalue weighted by Crippen LogP contribution is 2.32. The summed E-state index contributed by atoms with van der Waals surface area (Å²) in [6, 6.07) is 10.5. The Labute approximate surface area is 176 Å². The third kappa shape index (κ3) is 5.48. The number of carbonyl (C=O) groups is 3. The number of hydrogen-bond acceptors (Lipinski definition) is 6. The molecule has 0 saturated carbocycles. The fourth-order valence-corrected chi connectivity index (χ4v) is 3.75. The topological polar surface area (TPSA) is 135 Å². The van der Waals surface area contributed by atoms with Crippen molar-refractivity contribution in [2.24, 2.45) is 5.73 Å². The number of hydrogen-bond donors (Lipinski definition) is 3. The van der Waals surface area contributed by atoms with Gasteiger partial charge in [0.05, 0.1) is 0 Å². The highest BCUT2D eigenvalue weighted by Gasteiger charge is 2.20. The fourth-order valence-electron chi connectivity index (χ4n) is 2.79. The van der Waals surface area contributed by atoms with Crippen LogP contribution in [-0.2, 0) is 11.2 Å². The molecule has 8 nitrogen and oxygen atoms in total. The third-order valence-corrected chi connectivity index (χ3v) is 5.36. The van der Waals surface area contributed by atoms with E-state index in [1.165, 1.54) is 0 Å². The molecule has 0 aliphatic rings. The Balaban J connectivity index is 1.69. The van der Waals surface area contributed by atoms with E-state index in [1.807, 2.05) is 12.1 Å². The van der Waals surface area contributed by atoms with Crippen molar-refractivity contribution in [1.82, 2.24) is 9.97 Å². The molecular formula is C21H20N4O4S. The summed E-state index contributed by atoms with van der Waals surface area (Å²) < 4.78 is 0. The van der Waals surface area contributed by atoms with Crippen LogP contribution in [0.25, 0.3) is 10.6 Å². The van der Waals surface area contributed by atoms with Gasteiger partial charge in [-0.15, -0.1) is 0 Å². The molecule has 2 heterocycles. The maximum atomic E-state index is 12.6. The van der Waals surface area contributed by atoms with Gasteiger partial charge in [0.25, 0.3) is 5.91 Å². The molecule has 30 heavy (non-hydrogen) atoms. The summed E-state index contributed by atoms with van der Waals surface area (Å²) in [5, 5.41) is 12.7. The monoisotopic (exact) mass is 424 g/mol. The van der Waals surface area contributed by atoms with Crippen LogP contribution in [0.1, 0.15) is 45.7 Å². The van der Waals surface area contributed by atoms with E-state index >= 15 is 0 Å². The minimum absolute atomic E-state index is 0.176. The van der Waals surface area contributed by atoms with Gasteiger partial charge in [0, 0.05) is 29.9 Å². The molecule has 9 heteroatoms. The molecule has 0 unspecified atom stereocenters. The average Bonchev–Trinajstić information content (AvgIpc) is 3.16. The van der Waals surface area contributed by atoms with Gasteiger partial charge in [-0.1, -0.05) is 23.5 Å². The van der Waals surface area contributed by atoms with Gasteiger partial charge >= 0.3 is 5.97 Å². The SMILES string of the molecule is NC(=O)CCCCc1ccc(C(=O)Nc2sc(-c3ccncc3)nc2C(=O)O)cc1. The number of carbonyl (C=O) groups excluding carboxylic acids is 2. The van der Waals surface area contributed by atoms with Crippen LogP contribution in [0, 0.1) is 0 Å². The number of unbranched alkanes of at least 4 members (excludes halogenated alkanes) is 1. The normalized spacial score (nSPS) is 10.5. The lowest BCUT2D eigenvalue weighted by Gasteiger charge is -2.05. The van der Waals surface area contributed by atoms with Crippen molar-refractivity contribution in [3.8, 4) is 10.6 Å². The van der Waals surface area contributed by atoms with Gasteiger partial charge < -0.3 is 16.2 Å². The summed E-state index contributed by atoms with van der Waals surface area (Å²) in [6.45, 7) is 0. The number of primary amides is 1. The smallest absolute Gasteiger partial charge is 0.357 e. The second-order valence-electron chi connectivity index (χ2n) is 6.56. The first kappa shape index (κ1) is 21.1. The van der Waals surface area contributed by atoms with Crippen LogP contribution >= 0.6 is 11.3 Å². The Bertz CT molecular complexity index is 1050. The zero-order valence-corrected chi connectivity index (χ0v) is 16.8. The molecule has 3 aromatic rings. The number of aromatic nitrogens is 2. The van der Waals surface area contributed by atoms with E-state index in [2.05, 4.69) is 15.3 Å². The Kier molecular flexibility index (Phi) is 6.87. The van der Waals surface area contributed by atoms with Crippen LogP contribution in [-0.4, -0.2) is 32.9 Å². The number of thiazole rings is 1. The van der Waals surface area contributed by atoms with Crippen LogP contribution in [0.4, 0.5) is 5.00 Å². The van der Waals surface area contributed by atoms with E-state index < -0.39 is 11.9 Å². The zero-order valence-electron chi connectivity index (χ0n) is 16.0. The maximum absolute atomic E-state index is 12.6. The number of nitrogens with zero attached hydrogens (tertiary/aromatic N) is 2. The Hall–Kier alpha value is -3.59. The summed E-state index contributed by atoms with van der Waals surface area (Å²) in [5.74, 6) is -1.94. The number of amides is 2. The van der Waals surface area contributed by atoms with Crippen molar-refractivity contribution in [3.05, 3.63) is 65.6 Å². The van der Waals surface area contributed by atoms with Gasteiger partial charge in [0.1, 0.15) is 10.0 Å². The van der Waals surface area contributed by atoms with E-state index in [0.717, 1.165) is 41.7 Å². The van der Waals surface area contributed by atoms with E-state index in [4.69, 9.17) is 5.73 Å². The quantitative estimate of drug-likeness (QED) is 0.451. The van der Waals surface area contributed by atoms with Gasteiger partial charge in [0.15, 0.2) is 5.69 Å². The van der Waals surface area contributed by atoms with Gasteiger partial charge in [-0.25, -0.2) is 9.78 Å². The van der Waals surface area contributed by atoms with Crippen molar-refractivity contribution in [2.75, 3.05) is 5.32 Å². The molecule has 2 amide bonds. The molecule has 3 rings (SSSR count). The lowest BCUT2D eigenvalue weighted by molar-refractivity contribution is -0.118. The number of anilines is 1. The van der Waals surface area contributed by atoms with E-state index in [-0.39, 0.29) is 16.6 Å². The Morgan fingerprint density at radius 1 is 1.03 bits per heavy atom. The molecule has 0 saturated heterocycles. The minimum atomic E-state index is -1.21. The van der Waals surface area contributed by atoms with Crippen molar-refractivity contribution < 1.29 is 19.5 Å². The lowest BCUT2D eigenvalue weighted by Crippen LogP contribution is -2.13. The second kappa shape index (κ2) is 9.75. The molecular weight excluding hydrogens is 404 g/mol. The molecule has 154 valence electrons. The first-order valence-electron chi connectivity index (χ1n) is 9.27. The summed E-state index contributed by atoms with van der Waals surface area (Å²) in [5.41, 5.74) is 7.09. The molecule has 4 N–H and O–H groups in total. The van der Waals surface area contributed by atoms with Gasteiger partial charge in [-0.2, -0.15) is 0 Å². The van der Waals surface area contributed by atoms with Crippen molar-refractivity contribution in [3.63, 3.8) is 0 Å². The molecule has 0 fully saturated rings. The number of aryl methyl sites for hydroxylation is 1. The molecule has 0 atom stereocenters. The van der Waals surface area contributed by atoms with Gasteiger partial charge in [-0.05, 0) is 49.1 Å². The highest BCUT2D eigenvalue weighted by atomic mass is 32.1. The maximum Gasteiger partial charge on any atom is 0.357 e. The van der Waals surface area contributed by atoms with Crippen LogP contribution in [0.2, 0.25) is 0 Å². The third-order valence-electron chi connectivity index (χ3n) is 4.34.